The Balaban J connectivity index is 1.25. The van der Waals surface area contributed by atoms with Crippen molar-refractivity contribution in [2.24, 2.45) is 0 Å². The number of piperidine rings is 1. The lowest BCUT2D eigenvalue weighted by Crippen LogP contribution is -2.42. The number of fused-ring (bicyclic) bond motifs is 1. The summed E-state index contributed by atoms with van der Waals surface area (Å²) in [6.07, 6.45) is 11.1. The molecule has 1 aliphatic heterocycles. The number of likely N-dealkylation sites (tertiary alicyclic amines) is 1. The summed E-state index contributed by atoms with van der Waals surface area (Å²) in [5.74, 6) is 0.638. The van der Waals surface area contributed by atoms with Gasteiger partial charge in [0.1, 0.15) is 0 Å². The number of hydrogen-bond donors (Lipinski definition) is 1. The Labute approximate surface area is 177 Å². The Hall–Kier alpha value is -2.77. The lowest BCUT2D eigenvalue weighted by molar-refractivity contribution is 0.199. The van der Waals surface area contributed by atoms with Crippen molar-refractivity contribution in [2.75, 3.05) is 26.7 Å². The number of hydrogen-bond acceptors (Lipinski definition) is 6. The molecule has 3 aromatic rings. The summed E-state index contributed by atoms with van der Waals surface area (Å²) in [6, 6.07) is 6.48. The summed E-state index contributed by atoms with van der Waals surface area (Å²) < 4.78 is 7.20. The van der Waals surface area contributed by atoms with E-state index < -0.39 is 0 Å². The van der Waals surface area contributed by atoms with Crippen LogP contribution in [0.25, 0.3) is 11.0 Å². The monoisotopic (exact) mass is 406 g/mol. The molecule has 1 N–H and O–H groups in total. The van der Waals surface area contributed by atoms with Crippen LogP contribution in [0.1, 0.15) is 24.0 Å². The van der Waals surface area contributed by atoms with Gasteiger partial charge in [-0.2, -0.15) is 5.10 Å². The SMILES string of the molecule is C=CCn1cc(CNC2CCN(CCc3ccnc4ccc(OC)nc34)CC2)cn1. The minimum atomic E-state index is 0.566. The first kappa shape index (κ1) is 20.5. The topological polar surface area (TPSA) is 68.1 Å². The molecule has 4 rings (SSSR count). The van der Waals surface area contributed by atoms with Gasteiger partial charge in [0.2, 0.25) is 5.88 Å². The van der Waals surface area contributed by atoms with Gasteiger partial charge in [-0.25, -0.2) is 4.98 Å². The van der Waals surface area contributed by atoms with Crippen molar-refractivity contribution in [3.05, 3.63) is 60.6 Å². The number of pyridine rings is 2. The number of aromatic nitrogens is 4. The van der Waals surface area contributed by atoms with Crippen LogP contribution in [0.5, 0.6) is 5.88 Å². The second-order valence-corrected chi connectivity index (χ2v) is 7.80. The molecule has 7 nitrogen and oxygen atoms in total. The smallest absolute Gasteiger partial charge is 0.213 e. The number of allylic oxidation sites excluding steroid dienone is 1. The minimum absolute atomic E-state index is 0.566. The molecule has 0 aliphatic carbocycles. The van der Waals surface area contributed by atoms with Crippen LogP contribution in [0.4, 0.5) is 0 Å². The van der Waals surface area contributed by atoms with Gasteiger partial charge in [0.25, 0.3) is 0 Å². The molecule has 1 saturated heterocycles. The van der Waals surface area contributed by atoms with Crippen molar-refractivity contribution < 1.29 is 4.74 Å². The highest BCUT2D eigenvalue weighted by Gasteiger charge is 2.19. The highest BCUT2D eigenvalue weighted by Crippen LogP contribution is 2.20. The molecular formula is C23H30N6O. The maximum Gasteiger partial charge on any atom is 0.213 e. The average molecular weight is 407 g/mol. The fourth-order valence-corrected chi connectivity index (χ4v) is 4.01. The Morgan fingerprint density at radius 3 is 2.93 bits per heavy atom. The van der Waals surface area contributed by atoms with Gasteiger partial charge in [0.15, 0.2) is 0 Å². The molecule has 0 unspecified atom stereocenters. The van der Waals surface area contributed by atoms with E-state index >= 15 is 0 Å². The molecule has 7 heteroatoms. The zero-order chi connectivity index (χ0) is 20.8. The van der Waals surface area contributed by atoms with E-state index in [1.165, 1.54) is 24.0 Å². The van der Waals surface area contributed by atoms with Crippen molar-refractivity contribution in [1.29, 1.82) is 0 Å². The van der Waals surface area contributed by atoms with Crippen LogP contribution in [0.3, 0.4) is 0 Å². The number of methoxy groups -OCH3 is 1. The molecule has 3 aromatic heterocycles. The predicted octanol–water partition coefficient (Wildman–Crippen LogP) is 2.82. The van der Waals surface area contributed by atoms with E-state index in [2.05, 4.69) is 44.1 Å². The Morgan fingerprint density at radius 1 is 1.27 bits per heavy atom. The molecule has 0 saturated carbocycles. The van der Waals surface area contributed by atoms with Crippen LogP contribution in [0.2, 0.25) is 0 Å². The van der Waals surface area contributed by atoms with Crippen molar-refractivity contribution in [1.82, 2.24) is 30.0 Å². The fourth-order valence-electron chi connectivity index (χ4n) is 4.01. The zero-order valence-electron chi connectivity index (χ0n) is 17.6. The highest BCUT2D eigenvalue weighted by atomic mass is 16.5. The van der Waals surface area contributed by atoms with E-state index in [1.54, 1.807) is 7.11 Å². The van der Waals surface area contributed by atoms with E-state index in [0.29, 0.717) is 11.9 Å². The van der Waals surface area contributed by atoms with E-state index in [9.17, 15) is 0 Å². The molecule has 0 atom stereocenters. The first-order chi connectivity index (χ1) is 14.7. The average Bonchev–Trinajstić information content (AvgIpc) is 3.24. The molecule has 0 bridgehead atoms. The third kappa shape index (κ3) is 5.04. The molecule has 0 amide bonds. The van der Waals surface area contributed by atoms with Crippen molar-refractivity contribution in [2.45, 2.75) is 38.4 Å². The summed E-state index contributed by atoms with van der Waals surface area (Å²) in [5, 5.41) is 8.03. The summed E-state index contributed by atoms with van der Waals surface area (Å²) in [6.45, 7) is 8.66. The minimum Gasteiger partial charge on any atom is -0.481 e. The largest absolute Gasteiger partial charge is 0.481 e. The Morgan fingerprint density at radius 2 is 2.13 bits per heavy atom. The van der Waals surface area contributed by atoms with Crippen molar-refractivity contribution in [3.63, 3.8) is 0 Å². The molecule has 1 fully saturated rings. The van der Waals surface area contributed by atoms with Gasteiger partial charge in [0.05, 0.1) is 30.9 Å². The van der Waals surface area contributed by atoms with E-state index in [4.69, 9.17) is 4.74 Å². The quantitative estimate of drug-likeness (QED) is 0.551. The molecule has 4 heterocycles. The second kappa shape index (κ2) is 9.82. The summed E-state index contributed by atoms with van der Waals surface area (Å²) >= 11 is 0. The van der Waals surface area contributed by atoms with Crippen LogP contribution < -0.4 is 10.1 Å². The first-order valence-corrected chi connectivity index (χ1v) is 10.6. The predicted molar refractivity (Wildman–Crippen MR) is 119 cm³/mol. The highest BCUT2D eigenvalue weighted by molar-refractivity contribution is 5.78. The summed E-state index contributed by atoms with van der Waals surface area (Å²) in [4.78, 5) is 11.6. The normalized spacial score (nSPS) is 15.5. The van der Waals surface area contributed by atoms with Crippen LogP contribution in [0, 0.1) is 0 Å². The van der Waals surface area contributed by atoms with Gasteiger partial charge in [-0.05, 0) is 50.0 Å². The molecule has 0 spiro atoms. The molecule has 30 heavy (non-hydrogen) atoms. The molecule has 1 aliphatic rings. The molecule has 0 radical (unpaired) electrons. The first-order valence-electron chi connectivity index (χ1n) is 10.6. The van der Waals surface area contributed by atoms with Crippen molar-refractivity contribution >= 4 is 11.0 Å². The van der Waals surface area contributed by atoms with Crippen molar-refractivity contribution in [3.8, 4) is 5.88 Å². The van der Waals surface area contributed by atoms with E-state index in [-0.39, 0.29) is 0 Å². The Bertz CT molecular complexity index is 977. The molecule has 0 aromatic carbocycles. The third-order valence-electron chi connectivity index (χ3n) is 5.73. The Kier molecular flexibility index (Phi) is 6.71. The van der Waals surface area contributed by atoms with Gasteiger partial charge in [-0.15, -0.1) is 6.58 Å². The van der Waals surface area contributed by atoms with Gasteiger partial charge < -0.3 is 15.0 Å². The molecule has 158 valence electrons. The van der Waals surface area contributed by atoms with Crippen LogP contribution in [-0.4, -0.2) is 57.4 Å². The van der Waals surface area contributed by atoms with Gasteiger partial charge in [-0.1, -0.05) is 6.08 Å². The number of nitrogens with zero attached hydrogens (tertiary/aromatic N) is 5. The van der Waals surface area contributed by atoms with Crippen LogP contribution in [-0.2, 0) is 19.5 Å². The van der Waals surface area contributed by atoms with E-state index in [1.807, 2.05) is 35.3 Å². The van der Waals surface area contributed by atoms with Crippen LogP contribution >= 0.6 is 0 Å². The third-order valence-corrected chi connectivity index (χ3v) is 5.73. The van der Waals surface area contributed by atoms with Gasteiger partial charge >= 0.3 is 0 Å². The van der Waals surface area contributed by atoms with Gasteiger partial charge in [0, 0.05) is 43.2 Å². The second-order valence-electron chi connectivity index (χ2n) is 7.80. The summed E-state index contributed by atoms with van der Waals surface area (Å²) in [5.41, 5.74) is 4.33. The van der Waals surface area contributed by atoms with Gasteiger partial charge in [-0.3, -0.25) is 9.67 Å². The number of rotatable bonds is 9. The lowest BCUT2D eigenvalue weighted by Gasteiger charge is -2.32. The summed E-state index contributed by atoms with van der Waals surface area (Å²) in [7, 11) is 1.65. The van der Waals surface area contributed by atoms with E-state index in [0.717, 1.165) is 50.2 Å². The molecular weight excluding hydrogens is 376 g/mol. The zero-order valence-corrected chi connectivity index (χ0v) is 17.6. The lowest BCUT2D eigenvalue weighted by atomic mass is 10.0. The number of ether oxygens (including phenoxy) is 1. The number of nitrogens with one attached hydrogen (secondary N) is 1. The standard InChI is InChI=1S/C23H30N6O/c1-3-11-29-17-18(16-26-29)15-25-20-8-13-28(14-9-20)12-7-19-6-10-24-21-4-5-22(30-2)27-23(19)21/h3-6,10,16-17,20,25H,1,7-9,11-15H2,2H3. The fraction of sp³-hybridized carbons (Fsp3) is 0.435. The maximum atomic E-state index is 5.29. The maximum absolute atomic E-state index is 5.29. The van der Waals surface area contributed by atoms with Crippen LogP contribution in [0.15, 0.2) is 49.4 Å².